The van der Waals surface area contributed by atoms with E-state index in [2.05, 4.69) is 12.2 Å². The van der Waals surface area contributed by atoms with Gasteiger partial charge in [-0.05, 0) is 43.9 Å². The molecule has 1 aromatic rings. The number of amides is 2. The van der Waals surface area contributed by atoms with Gasteiger partial charge in [0, 0.05) is 24.2 Å². The van der Waals surface area contributed by atoms with Gasteiger partial charge in [-0.3, -0.25) is 0 Å². The summed E-state index contributed by atoms with van der Waals surface area (Å²) >= 11 is 5.91. The highest BCUT2D eigenvalue weighted by Gasteiger charge is 2.22. The molecule has 1 unspecified atom stereocenters. The Labute approximate surface area is 113 Å². The van der Waals surface area contributed by atoms with Gasteiger partial charge in [0.25, 0.3) is 0 Å². The number of likely N-dealkylation sites (tertiary alicyclic amines) is 1. The fraction of sp³-hybridized carbons (Fsp3) is 0.500. The molecule has 3 nitrogen and oxygen atoms in total. The number of carbonyl (C=O) groups excluding carboxylic acids is 1. The van der Waals surface area contributed by atoms with E-state index in [1.165, 1.54) is 6.42 Å². The fourth-order valence-corrected chi connectivity index (χ4v) is 2.54. The molecule has 1 aromatic carbocycles. The molecule has 1 saturated heterocycles. The minimum absolute atomic E-state index is 0.0298. The summed E-state index contributed by atoms with van der Waals surface area (Å²) in [7, 11) is 0. The van der Waals surface area contributed by atoms with Gasteiger partial charge in [-0.15, -0.1) is 0 Å². The molecule has 1 heterocycles. The van der Waals surface area contributed by atoms with Gasteiger partial charge < -0.3 is 10.2 Å². The van der Waals surface area contributed by atoms with Crippen molar-refractivity contribution < 1.29 is 4.79 Å². The molecule has 18 heavy (non-hydrogen) atoms. The highest BCUT2D eigenvalue weighted by molar-refractivity contribution is 6.30. The van der Waals surface area contributed by atoms with Crippen LogP contribution in [0.2, 0.25) is 5.02 Å². The van der Waals surface area contributed by atoms with Crippen LogP contribution in [-0.2, 0) is 6.54 Å². The molecule has 0 saturated carbocycles. The fourth-order valence-electron chi connectivity index (χ4n) is 2.33. The molecule has 1 aliphatic heterocycles. The Balaban J connectivity index is 1.88. The van der Waals surface area contributed by atoms with Gasteiger partial charge in [0.05, 0.1) is 0 Å². The van der Waals surface area contributed by atoms with Crippen LogP contribution in [-0.4, -0.2) is 23.5 Å². The normalized spacial score (nSPS) is 19.7. The molecule has 1 aliphatic rings. The number of nitrogens with one attached hydrogen (secondary N) is 1. The van der Waals surface area contributed by atoms with Crippen LogP contribution < -0.4 is 5.32 Å². The first-order chi connectivity index (χ1) is 8.66. The maximum absolute atomic E-state index is 12.0. The van der Waals surface area contributed by atoms with Crippen molar-refractivity contribution in [2.24, 2.45) is 0 Å². The quantitative estimate of drug-likeness (QED) is 0.874. The van der Waals surface area contributed by atoms with Crippen molar-refractivity contribution in [3.05, 3.63) is 34.9 Å². The van der Waals surface area contributed by atoms with Crippen LogP contribution in [0.3, 0.4) is 0 Å². The molecule has 0 bridgehead atoms. The monoisotopic (exact) mass is 266 g/mol. The number of piperidine rings is 1. The first kappa shape index (κ1) is 13.2. The van der Waals surface area contributed by atoms with Crippen LogP contribution in [0.25, 0.3) is 0 Å². The molecule has 0 aliphatic carbocycles. The van der Waals surface area contributed by atoms with Crippen molar-refractivity contribution in [1.29, 1.82) is 0 Å². The zero-order valence-corrected chi connectivity index (χ0v) is 11.4. The van der Waals surface area contributed by atoms with E-state index in [-0.39, 0.29) is 6.03 Å². The van der Waals surface area contributed by atoms with Gasteiger partial charge in [-0.2, -0.15) is 0 Å². The van der Waals surface area contributed by atoms with E-state index in [0.717, 1.165) is 24.9 Å². The molecule has 98 valence electrons. The summed E-state index contributed by atoms with van der Waals surface area (Å²) in [4.78, 5) is 14.0. The Bertz CT molecular complexity index is 422. The Morgan fingerprint density at radius 3 is 3.06 bits per heavy atom. The van der Waals surface area contributed by atoms with Crippen LogP contribution in [0.1, 0.15) is 31.7 Å². The van der Waals surface area contributed by atoms with Crippen molar-refractivity contribution in [2.75, 3.05) is 6.54 Å². The lowest BCUT2D eigenvalue weighted by Gasteiger charge is -2.33. The number of halogens is 1. The van der Waals surface area contributed by atoms with E-state index in [1.807, 2.05) is 29.2 Å². The zero-order valence-electron chi connectivity index (χ0n) is 10.7. The second-order valence-electron chi connectivity index (χ2n) is 4.83. The molecule has 4 heteroatoms. The molecule has 2 amide bonds. The van der Waals surface area contributed by atoms with Crippen molar-refractivity contribution in [3.8, 4) is 0 Å². The van der Waals surface area contributed by atoms with Gasteiger partial charge in [-0.25, -0.2) is 4.79 Å². The Hall–Kier alpha value is -1.22. The number of urea groups is 1. The highest BCUT2D eigenvalue weighted by atomic mass is 35.5. The third kappa shape index (κ3) is 3.39. The lowest BCUT2D eigenvalue weighted by atomic mass is 10.0. The molecule has 1 N–H and O–H groups in total. The predicted octanol–water partition coefficient (Wildman–Crippen LogP) is 3.42. The maximum atomic E-state index is 12.0. The summed E-state index contributed by atoms with van der Waals surface area (Å²) in [6.07, 6.45) is 3.43. The van der Waals surface area contributed by atoms with Crippen molar-refractivity contribution in [2.45, 2.75) is 38.8 Å². The van der Waals surface area contributed by atoms with Crippen LogP contribution in [0.15, 0.2) is 24.3 Å². The van der Waals surface area contributed by atoms with Crippen LogP contribution >= 0.6 is 11.6 Å². The summed E-state index contributed by atoms with van der Waals surface area (Å²) in [5, 5.41) is 3.66. The predicted molar refractivity (Wildman–Crippen MR) is 73.7 cm³/mol. The SMILES string of the molecule is CC1CCCCN1C(=O)NCc1cccc(Cl)c1. The number of hydrogen-bond donors (Lipinski definition) is 1. The second kappa shape index (κ2) is 6.10. The van der Waals surface area contributed by atoms with E-state index < -0.39 is 0 Å². The standard InChI is InChI=1S/C14H19ClN2O/c1-11-5-2-3-8-17(11)14(18)16-10-12-6-4-7-13(15)9-12/h4,6-7,9,11H,2-3,5,8,10H2,1H3,(H,16,18). The largest absolute Gasteiger partial charge is 0.334 e. The molecule has 2 rings (SSSR count). The average molecular weight is 267 g/mol. The summed E-state index contributed by atoms with van der Waals surface area (Å²) in [6.45, 7) is 3.50. The third-order valence-corrected chi connectivity index (χ3v) is 3.63. The van der Waals surface area contributed by atoms with Crippen molar-refractivity contribution >= 4 is 17.6 Å². The molecule has 1 atom stereocenters. The molecule has 0 spiro atoms. The lowest BCUT2D eigenvalue weighted by molar-refractivity contribution is 0.158. The first-order valence-corrected chi connectivity index (χ1v) is 6.83. The molecular weight excluding hydrogens is 248 g/mol. The van der Waals surface area contributed by atoms with E-state index in [9.17, 15) is 4.79 Å². The second-order valence-corrected chi connectivity index (χ2v) is 5.26. The first-order valence-electron chi connectivity index (χ1n) is 6.46. The van der Waals surface area contributed by atoms with Crippen molar-refractivity contribution in [3.63, 3.8) is 0 Å². The number of hydrogen-bond acceptors (Lipinski definition) is 1. The summed E-state index contributed by atoms with van der Waals surface area (Å²) in [6, 6.07) is 7.94. The Kier molecular flexibility index (Phi) is 4.48. The van der Waals surface area contributed by atoms with Crippen LogP contribution in [0, 0.1) is 0 Å². The molecule has 0 radical (unpaired) electrons. The Morgan fingerprint density at radius 2 is 2.33 bits per heavy atom. The topological polar surface area (TPSA) is 32.3 Å². The highest BCUT2D eigenvalue weighted by Crippen LogP contribution is 2.16. The van der Waals surface area contributed by atoms with Crippen LogP contribution in [0.4, 0.5) is 4.79 Å². The molecule has 0 aromatic heterocycles. The Morgan fingerprint density at radius 1 is 1.50 bits per heavy atom. The van der Waals surface area contributed by atoms with Gasteiger partial charge in [-0.1, -0.05) is 23.7 Å². The summed E-state index contributed by atoms with van der Waals surface area (Å²) in [5.41, 5.74) is 1.03. The minimum atomic E-state index is 0.0298. The molecule has 1 fully saturated rings. The zero-order chi connectivity index (χ0) is 13.0. The average Bonchev–Trinajstić information content (AvgIpc) is 2.37. The number of rotatable bonds is 2. The van der Waals surface area contributed by atoms with E-state index in [4.69, 9.17) is 11.6 Å². The van der Waals surface area contributed by atoms with Gasteiger partial charge >= 0.3 is 6.03 Å². The third-order valence-electron chi connectivity index (χ3n) is 3.40. The summed E-state index contributed by atoms with van der Waals surface area (Å²) < 4.78 is 0. The van der Waals surface area contributed by atoms with E-state index in [0.29, 0.717) is 17.6 Å². The minimum Gasteiger partial charge on any atom is -0.334 e. The van der Waals surface area contributed by atoms with Crippen LogP contribution in [0.5, 0.6) is 0 Å². The number of nitrogens with zero attached hydrogens (tertiary/aromatic N) is 1. The number of carbonyl (C=O) groups is 1. The van der Waals surface area contributed by atoms with Crippen molar-refractivity contribution in [1.82, 2.24) is 10.2 Å². The van der Waals surface area contributed by atoms with Gasteiger partial charge in [0.1, 0.15) is 0 Å². The smallest absolute Gasteiger partial charge is 0.317 e. The lowest BCUT2D eigenvalue weighted by Crippen LogP contribution is -2.47. The van der Waals surface area contributed by atoms with E-state index >= 15 is 0 Å². The maximum Gasteiger partial charge on any atom is 0.317 e. The van der Waals surface area contributed by atoms with E-state index in [1.54, 1.807) is 0 Å². The summed E-state index contributed by atoms with van der Waals surface area (Å²) in [5.74, 6) is 0. The van der Waals surface area contributed by atoms with Gasteiger partial charge in [0.2, 0.25) is 0 Å². The number of benzene rings is 1. The molecular formula is C14H19ClN2O. The van der Waals surface area contributed by atoms with Gasteiger partial charge in [0.15, 0.2) is 0 Å².